The van der Waals surface area contributed by atoms with Gasteiger partial charge in [-0.3, -0.25) is 9.59 Å². The molecule has 2 amide bonds. The fourth-order valence-corrected chi connectivity index (χ4v) is 7.24. The highest BCUT2D eigenvalue weighted by atomic mass is 35.5. The predicted molar refractivity (Wildman–Crippen MR) is 146 cm³/mol. The van der Waals surface area contributed by atoms with Gasteiger partial charge in [0.25, 0.3) is 5.91 Å². The number of aliphatic carboxylic acids is 1. The third-order valence-corrected chi connectivity index (χ3v) is 8.87. The van der Waals surface area contributed by atoms with Gasteiger partial charge in [0.1, 0.15) is 41.0 Å². The van der Waals surface area contributed by atoms with Crippen LogP contribution in [-0.2, 0) is 19.1 Å². The molecular formula is C26H30Cl2N4O7S. The molecule has 216 valence electrons. The van der Waals surface area contributed by atoms with E-state index in [0.717, 1.165) is 0 Å². The number of carbonyl (C=O) groups excluding carboxylic acids is 4. The van der Waals surface area contributed by atoms with E-state index in [0.29, 0.717) is 10.0 Å². The molecule has 2 fully saturated rings. The number of carbonyl (C=O) groups is 4. The molecule has 2 aliphatic rings. The molecule has 0 radical (unpaired) electrons. The minimum Gasteiger partial charge on any atom is -0.550 e. The van der Waals surface area contributed by atoms with Crippen molar-refractivity contribution in [1.82, 2.24) is 15.4 Å². The van der Waals surface area contributed by atoms with Crippen molar-refractivity contribution in [3.63, 3.8) is 0 Å². The number of amides is 2. The zero-order valence-corrected chi connectivity index (χ0v) is 25.1. The van der Waals surface area contributed by atoms with Crippen LogP contribution in [0.15, 0.2) is 22.7 Å². The summed E-state index contributed by atoms with van der Waals surface area (Å²) in [5.74, 6) is -2.90. The normalized spacial score (nSPS) is 22.4. The fourth-order valence-electron chi connectivity index (χ4n) is 5.04. The first-order chi connectivity index (χ1) is 18.5. The summed E-state index contributed by atoms with van der Waals surface area (Å²) in [7, 11) is 5.53. The molecule has 2 saturated heterocycles. The van der Waals surface area contributed by atoms with Crippen molar-refractivity contribution in [3.05, 3.63) is 39.6 Å². The van der Waals surface area contributed by atoms with E-state index in [1.807, 2.05) is 21.1 Å². The van der Waals surface area contributed by atoms with Gasteiger partial charge in [-0.05, 0) is 32.9 Å². The fraction of sp³-hybridized carbons (Fsp3) is 0.500. The summed E-state index contributed by atoms with van der Waals surface area (Å²) in [4.78, 5) is 52.7. The van der Waals surface area contributed by atoms with Gasteiger partial charge in [-0.1, -0.05) is 34.4 Å². The van der Waals surface area contributed by atoms with Crippen molar-refractivity contribution in [3.8, 4) is 11.3 Å². The number of aromatic nitrogens is 1. The molecule has 1 aromatic heterocycles. The zero-order chi connectivity index (χ0) is 29.7. The van der Waals surface area contributed by atoms with Gasteiger partial charge in [0.2, 0.25) is 5.91 Å². The molecule has 0 aliphatic carbocycles. The minimum atomic E-state index is -1.34. The van der Waals surface area contributed by atoms with E-state index in [2.05, 4.69) is 10.5 Å². The summed E-state index contributed by atoms with van der Waals surface area (Å²) in [5, 5.41) is 18.0. The Kier molecular flexibility index (Phi) is 8.21. The Labute approximate surface area is 245 Å². The Balaban J connectivity index is 1.53. The van der Waals surface area contributed by atoms with Gasteiger partial charge in [-0.15, -0.1) is 11.8 Å². The van der Waals surface area contributed by atoms with Crippen molar-refractivity contribution in [2.75, 3.05) is 27.7 Å². The van der Waals surface area contributed by atoms with E-state index in [-0.39, 0.29) is 33.6 Å². The van der Waals surface area contributed by atoms with Crippen LogP contribution in [0.25, 0.3) is 11.3 Å². The van der Waals surface area contributed by atoms with Crippen molar-refractivity contribution in [2.24, 2.45) is 0 Å². The summed E-state index contributed by atoms with van der Waals surface area (Å²) in [5.41, 5.74) is 0.560. The average molecular weight is 614 g/mol. The molecule has 0 saturated carbocycles. The Morgan fingerprint density at radius 3 is 2.45 bits per heavy atom. The predicted octanol–water partition coefficient (Wildman–Crippen LogP) is 1.88. The molecule has 4 rings (SSSR count). The van der Waals surface area contributed by atoms with Crippen molar-refractivity contribution in [1.29, 1.82) is 0 Å². The second kappa shape index (κ2) is 10.9. The number of aryl methyl sites for hydroxylation is 1. The number of carboxylic acid groups (broad SMARTS) is 1. The summed E-state index contributed by atoms with van der Waals surface area (Å²) in [6.45, 7) is 5.39. The molecule has 40 heavy (non-hydrogen) atoms. The SMILES string of the molecule is Cc1onc(-c2c(Cl)cccc2Cl)c1C(=O)N[C@@H]1C(=O)N2[C@@H]1SC(C)(C)[C@@H]2C(=O)OC(CC(=O)[O-])C[N+](C)(C)C. The van der Waals surface area contributed by atoms with Gasteiger partial charge < -0.3 is 33.9 Å². The standard InChI is InChI=1S/C26H30Cl2N4O7S/c1-12-17(19(30-39-12)18-14(27)8-7-9-15(18)28)22(35)29-20-23(36)31-21(26(2,3)40-24(20)31)25(37)38-13(10-16(33)34)11-32(4,5)6/h7-9,13,20-21,24H,10-11H2,1-6H3,(H-,29,33,34,35)/t13?,20-,21+,24-/m1/s1. The number of hydrogen-bond acceptors (Lipinski definition) is 9. The van der Waals surface area contributed by atoms with Crippen LogP contribution in [0.1, 0.15) is 36.4 Å². The maximum Gasteiger partial charge on any atom is 0.330 e. The quantitative estimate of drug-likeness (QED) is 0.255. The van der Waals surface area contributed by atoms with E-state index in [1.54, 1.807) is 39.0 Å². The van der Waals surface area contributed by atoms with Gasteiger partial charge in [-0.25, -0.2) is 4.79 Å². The van der Waals surface area contributed by atoms with Crippen LogP contribution in [-0.4, -0.2) is 94.3 Å². The van der Waals surface area contributed by atoms with Gasteiger partial charge in [0, 0.05) is 22.7 Å². The molecule has 4 atom stereocenters. The molecule has 2 aliphatic heterocycles. The van der Waals surface area contributed by atoms with Crippen LogP contribution in [0.3, 0.4) is 0 Å². The summed E-state index contributed by atoms with van der Waals surface area (Å²) < 4.78 is 10.5. The number of quaternary nitrogens is 1. The number of ether oxygens (including phenoxy) is 1. The second-order valence-electron chi connectivity index (χ2n) is 11.4. The second-order valence-corrected chi connectivity index (χ2v) is 14.0. The molecule has 11 nitrogen and oxygen atoms in total. The number of rotatable bonds is 9. The zero-order valence-electron chi connectivity index (χ0n) is 22.8. The largest absolute Gasteiger partial charge is 0.550 e. The summed E-state index contributed by atoms with van der Waals surface area (Å²) in [6.07, 6.45) is -1.40. The van der Waals surface area contributed by atoms with Gasteiger partial charge >= 0.3 is 5.97 Å². The van der Waals surface area contributed by atoms with E-state index in [4.69, 9.17) is 32.5 Å². The Bertz CT molecular complexity index is 1350. The van der Waals surface area contributed by atoms with Gasteiger partial charge in [0.15, 0.2) is 6.10 Å². The number of carboxylic acids is 1. The smallest absolute Gasteiger partial charge is 0.330 e. The number of nitrogens with one attached hydrogen (secondary N) is 1. The number of likely N-dealkylation sites (N-methyl/N-ethyl adjacent to an activating group) is 1. The molecule has 2 aromatic rings. The number of β-lactam (4-membered cyclic amide) rings is 1. The Morgan fingerprint density at radius 1 is 1.25 bits per heavy atom. The summed E-state index contributed by atoms with van der Waals surface area (Å²) in [6, 6.07) is 2.97. The maximum atomic E-state index is 13.4. The molecule has 1 aromatic carbocycles. The number of fused-ring (bicyclic) bond motifs is 1. The third-order valence-electron chi connectivity index (χ3n) is 6.67. The number of hydrogen-bond donors (Lipinski definition) is 1. The summed E-state index contributed by atoms with van der Waals surface area (Å²) >= 11 is 14.0. The highest BCUT2D eigenvalue weighted by molar-refractivity contribution is 8.01. The van der Waals surface area contributed by atoms with Crippen molar-refractivity contribution in [2.45, 2.75) is 55.5 Å². The first kappa shape index (κ1) is 30.2. The number of halogens is 2. The average Bonchev–Trinajstić information content (AvgIpc) is 3.30. The first-order valence-electron chi connectivity index (χ1n) is 12.4. The number of thioether (sulfide) groups is 1. The monoisotopic (exact) mass is 612 g/mol. The first-order valence-corrected chi connectivity index (χ1v) is 14.1. The lowest BCUT2D eigenvalue weighted by Crippen LogP contribution is -2.71. The Hall–Kier alpha value is -2.80. The van der Waals surface area contributed by atoms with Crippen molar-refractivity contribution >= 4 is 58.7 Å². The number of esters is 1. The highest BCUT2D eigenvalue weighted by Gasteiger charge is 2.64. The number of nitrogens with zero attached hydrogens (tertiary/aromatic N) is 3. The topological polar surface area (TPSA) is 142 Å². The molecule has 0 bridgehead atoms. The van der Waals surface area contributed by atoms with Crippen molar-refractivity contribution < 1.29 is 38.0 Å². The lowest BCUT2D eigenvalue weighted by atomic mass is 9.95. The molecule has 14 heteroatoms. The van der Waals surface area contributed by atoms with Gasteiger partial charge in [0.05, 0.1) is 31.2 Å². The van der Waals surface area contributed by atoms with Crippen LogP contribution < -0.4 is 10.4 Å². The molecular weight excluding hydrogens is 583 g/mol. The maximum absolute atomic E-state index is 13.4. The van der Waals surface area contributed by atoms with Gasteiger partial charge in [-0.2, -0.15) is 0 Å². The van der Waals surface area contributed by atoms with Crippen LogP contribution in [0.2, 0.25) is 10.0 Å². The molecule has 3 heterocycles. The molecule has 1 unspecified atom stereocenters. The van der Waals surface area contributed by atoms with Crippen LogP contribution >= 0.6 is 35.0 Å². The van der Waals surface area contributed by atoms with Crippen LogP contribution in [0.5, 0.6) is 0 Å². The number of benzene rings is 1. The molecule has 0 spiro atoms. The van der Waals surface area contributed by atoms with E-state index >= 15 is 0 Å². The minimum absolute atomic E-state index is 0.0879. The Morgan fingerprint density at radius 2 is 1.88 bits per heavy atom. The van der Waals surface area contributed by atoms with E-state index < -0.39 is 58.5 Å². The van der Waals surface area contributed by atoms with Crippen LogP contribution in [0, 0.1) is 6.92 Å². The highest BCUT2D eigenvalue weighted by Crippen LogP contribution is 2.51. The van der Waals surface area contributed by atoms with E-state index in [1.165, 1.54) is 16.7 Å². The molecule has 1 N–H and O–H groups in total. The lowest BCUT2D eigenvalue weighted by molar-refractivity contribution is -0.873. The van der Waals surface area contributed by atoms with E-state index in [9.17, 15) is 24.3 Å². The lowest BCUT2D eigenvalue weighted by Gasteiger charge is -2.44. The third kappa shape index (κ3) is 5.81. The van der Waals surface area contributed by atoms with Crippen LogP contribution in [0.4, 0.5) is 0 Å².